The lowest BCUT2D eigenvalue weighted by molar-refractivity contribution is -0.125. The maximum atomic E-state index is 12.3. The Labute approximate surface area is 117 Å². The van der Waals surface area contributed by atoms with Crippen LogP contribution in [0.15, 0.2) is 18.2 Å². The van der Waals surface area contributed by atoms with Crippen LogP contribution < -0.4 is 5.32 Å². The van der Waals surface area contributed by atoms with Gasteiger partial charge in [-0.2, -0.15) is 0 Å². The van der Waals surface area contributed by atoms with E-state index < -0.39 is 0 Å². The van der Waals surface area contributed by atoms with Crippen LogP contribution in [0.2, 0.25) is 10.0 Å². The van der Waals surface area contributed by atoms with Gasteiger partial charge in [-0.05, 0) is 36.5 Å². The van der Waals surface area contributed by atoms with Crippen LogP contribution in [0.3, 0.4) is 0 Å². The average molecular weight is 284 g/mol. The van der Waals surface area contributed by atoms with Crippen LogP contribution in [0.5, 0.6) is 0 Å². The Bertz CT molecular complexity index is 503. The van der Waals surface area contributed by atoms with E-state index in [0.29, 0.717) is 16.0 Å². The number of halogens is 2. The number of fused-ring (bicyclic) bond motifs is 1. The van der Waals surface area contributed by atoms with Crippen LogP contribution in [-0.2, 0) is 10.2 Å². The molecule has 4 heteroatoms. The summed E-state index contributed by atoms with van der Waals surface area (Å²) in [6.45, 7) is 0.791. The molecule has 0 aromatic heterocycles. The zero-order valence-electron chi connectivity index (χ0n) is 10.0. The molecule has 1 heterocycles. The van der Waals surface area contributed by atoms with Gasteiger partial charge in [0, 0.05) is 6.54 Å². The molecule has 2 atom stereocenters. The summed E-state index contributed by atoms with van der Waals surface area (Å²) in [4.78, 5) is 12.3. The van der Waals surface area contributed by atoms with Gasteiger partial charge in [0.2, 0.25) is 5.91 Å². The lowest BCUT2D eigenvalue weighted by Gasteiger charge is -2.37. The van der Waals surface area contributed by atoms with Crippen molar-refractivity contribution < 1.29 is 4.79 Å². The standard InChI is InChI=1S/C14H15Cl2NO/c15-11-5-4-9(7-12(11)16)14-6-2-1-3-10(14)8-17-13(14)18/h4-5,7,10H,1-3,6,8H2,(H,17,18)/t10-,14?/m0/s1. The molecule has 0 radical (unpaired) electrons. The summed E-state index contributed by atoms with van der Waals surface area (Å²) < 4.78 is 0. The first-order valence-corrected chi connectivity index (χ1v) is 7.14. The van der Waals surface area contributed by atoms with Crippen molar-refractivity contribution in [2.45, 2.75) is 31.1 Å². The van der Waals surface area contributed by atoms with Gasteiger partial charge >= 0.3 is 0 Å². The van der Waals surface area contributed by atoms with Gasteiger partial charge in [-0.3, -0.25) is 4.79 Å². The maximum absolute atomic E-state index is 12.3. The Morgan fingerprint density at radius 3 is 2.83 bits per heavy atom. The number of benzene rings is 1. The average Bonchev–Trinajstić information content (AvgIpc) is 2.72. The highest BCUT2D eigenvalue weighted by Crippen LogP contribution is 2.47. The van der Waals surface area contributed by atoms with E-state index in [9.17, 15) is 4.79 Å². The van der Waals surface area contributed by atoms with Crippen LogP contribution in [0, 0.1) is 5.92 Å². The molecule has 2 aliphatic rings. The number of nitrogens with one attached hydrogen (secondary N) is 1. The molecule has 0 spiro atoms. The molecular formula is C14H15Cl2NO. The first kappa shape index (κ1) is 12.3. The molecular weight excluding hydrogens is 269 g/mol. The van der Waals surface area contributed by atoms with Gasteiger partial charge in [-0.1, -0.05) is 42.1 Å². The van der Waals surface area contributed by atoms with Gasteiger partial charge < -0.3 is 5.32 Å². The molecule has 1 aromatic carbocycles. The molecule has 1 unspecified atom stereocenters. The Hall–Kier alpha value is -0.730. The quantitative estimate of drug-likeness (QED) is 0.839. The first-order chi connectivity index (χ1) is 8.64. The second-order valence-electron chi connectivity index (χ2n) is 5.25. The predicted molar refractivity (Wildman–Crippen MR) is 73.1 cm³/mol. The van der Waals surface area contributed by atoms with E-state index in [4.69, 9.17) is 23.2 Å². The number of carbonyl (C=O) groups excluding carboxylic acids is 1. The lowest BCUT2D eigenvalue weighted by atomic mass is 9.64. The van der Waals surface area contributed by atoms with Crippen LogP contribution in [-0.4, -0.2) is 12.5 Å². The summed E-state index contributed by atoms with van der Waals surface area (Å²) in [7, 11) is 0. The highest BCUT2D eigenvalue weighted by Gasteiger charge is 2.52. The number of carbonyl (C=O) groups is 1. The zero-order valence-corrected chi connectivity index (χ0v) is 11.5. The summed E-state index contributed by atoms with van der Waals surface area (Å²) in [6.07, 6.45) is 4.34. The third kappa shape index (κ3) is 1.66. The van der Waals surface area contributed by atoms with Gasteiger partial charge in [0.1, 0.15) is 0 Å². The van der Waals surface area contributed by atoms with Gasteiger partial charge in [0.25, 0.3) is 0 Å². The van der Waals surface area contributed by atoms with Crippen LogP contribution in [0.25, 0.3) is 0 Å². The largest absolute Gasteiger partial charge is 0.355 e. The number of rotatable bonds is 1. The van der Waals surface area contributed by atoms with Crippen molar-refractivity contribution in [2.24, 2.45) is 5.92 Å². The number of hydrogen-bond donors (Lipinski definition) is 1. The molecule has 1 amide bonds. The summed E-state index contributed by atoms with van der Waals surface area (Å²) in [5.74, 6) is 0.557. The second kappa shape index (κ2) is 4.43. The maximum Gasteiger partial charge on any atom is 0.231 e. The topological polar surface area (TPSA) is 29.1 Å². The third-order valence-electron chi connectivity index (χ3n) is 4.42. The van der Waals surface area contributed by atoms with Crippen molar-refractivity contribution in [1.82, 2.24) is 5.32 Å². The second-order valence-corrected chi connectivity index (χ2v) is 6.07. The molecule has 18 heavy (non-hydrogen) atoms. The van der Waals surface area contributed by atoms with E-state index in [-0.39, 0.29) is 11.3 Å². The lowest BCUT2D eigenvalue weighted by Crippen LogP contribution is -2.41. The summed E-state index contributed by atoms with van der Waals surface area (Å²) in [5, 5.41) is 4.10. The highest BCUT2D eigenvalue weighted by atomic mass is 35.5. The molecule has 1 aliphatic heterocycles. The molecule has 1 saturated heterocycles. The fourth-order valence-electron chi connectivity index (χ4n) is 3.48. The minimum Gasteiger partial charge on any atom is -0.355 e. The van der Waals surface area contributed by atoms with Gasteiger partial charge in [-0.25, -0.2) is 0 Å². The smallest absolute Gasteiger partial charge is 0.231 e. The van der Waals surface area contributed by atoms with Crippen molar-refractivity contribution in [3.63, 3.8) is 0 Å². The fraction of sp³-hybridized carbons (Fsp3) is 0.500. The Morgan fingerprint density at radius 1 is 1.22 bits per heavy atom. The number of hydrogen-bond acceptors (Lipinski definition) is 1. The molecule has 0 bridgehead atoms. The molecule has 96 valence electrons. The van der Waals surface area contributed by atoms with Crippen LogP contribution >= 0.6 is 23.2 Å². The fourth-order valence-corrected chi connectivity index (χ4v) is 3.78. The van der Waals surface area contributed by atoms with E-state index >= 15 is 0 Å². The van der Waals surface area contributed by atoms with Gasteiger partial charge in [0.05, 0.1) is 15.5 Å². The monoisotopic (exact) mass is 283 g/mol. The van der Waals surface area contributed by atoms with Crippen molar-refractivity contribution in [3.05, 3.63) is 33.8 Å². The summed E-state index contributed by atoms with van der Waals surface area (Å²) in [6, 6.07) is 5.62. The minimum absolute atomic E-state index is 0.158. The van der Waals surface area contributed by atoms with E-state index in [0.717, 1.165) is 31.4 Å². The molecule has 1 aromatic rings. The summed E-state index contributed by atoms with van der Waals surface area (Å²) >= 11 is 12.1. The highest BCUT2D eigenvalue weighted by molar-refractivity contribution is 6.42. The Balaban J connectivity index is 2.10. The van der Waals surface area contributed by atoms with E-state index in [1.165, 1.54) is 6.42 Å². The Morgan fingerprint density at radius 2 is 2.06 bits per heavy atom. The predicted octanol–water partition coefficient (Wildman–Crippen LogP) is 3.55. The van der Waals surface area contributed by atoms with Crippen molar-refractivity contribution >= 4 is 29.1 Å². The van der Waals surface area contributed by atoms with E-state index in [1.807, 2.05) is 12.1 Å². The molecule has 2 fully saturated rings. The van der Waals surface area contributed by atoms with E-state index in [2.05, 4.69) is 5.32 Å². The van der Waals surface area contributed by atoms with Crippen molar-refractivity contribution in [1.29, 1.82) is 0 Å². The first-order valence-electron chi connectivity index (χ1n) is 6.38. The van der Waals surface area contributed by atoms with Gasteiger partial charge in [-0.15, -0.1) is 0 Å². The minimum atomic E-state index is -0.369. The normalized spacial score (nSPS) is 31.0. The molecule has 1 aliphatic carbocycles. The van der Waals surface area contributed by atoms with Crippen molar-refractivity contribution in [2.75, 3.05) is 6.54 Å². The third-order valence-corrected chi connectivity index (χ3v) is 5.16. The molecule has 2 nitrogen and oxygen atoms in total. The SMILES string of the molecule is O=C1NC[C@@H]2CCCCC12c1ccc(Cl)c(Cl)c1. The molecule has 1 saturated carbocycles. The van der Waals surface area contributed by atoms with Crippen LogP contribution in [0.1, 0.15) is 31.2 Å². The Kier molecular flexibility index (Phi) is 3.03. The van der Waals surface area contributed by atoms with Crippen molar-refractivity contribution in [3.8, 4) is 0 Å². The van der Waals surface area contributed by atoms with Crippen LogP contribution in [0.4, 0.5) is 0 Å². The van der Waals surface area contributed by atoms with E-state index in [1.54, 1.807) is 6.07 Å². The zero-order chi connectivity index (χ0) is 12.8. The number of amides is 1. The molecule has 1 N–H and O–H groups in total. The molecule has 3 rings (SSSR count). The summed E-state index contributed by atoms with van der Waals surface area (Å²) in [5.41, 5.74) is 0.656. The van der Waals surface area contributed by atoms with Gasteiger partial charge in [0.15, 0.2) is 0 Å².